The van der Waals surface area contributed by atoms with Crippen LogP contribution in [0.4, 0.5) is 5.82 Å². The van der Waals surface area contributed by atoms with Gasteiger partial charge in [0.2, 0.25) is 0 Å². The van der Waals surface area contributed by atoms with Crippen molar-refractivity contribution in [3.63, 3.8) is 0 Å². The molecule has 1 atom stereocenters. The predicted octanol–water partition coefficient (Wildman–Crippen LogP) is 3.38. The van der Waals surface area contributed by atoms with Crippen molar-refractivity contribution in [3.05, 3.63) is 40.5 Å². The Hall–Kier alpha value is -1.95. The zero-order valence-electron chi connectivity index (χ0n) is 13.5. The average molecular weight is 330 g/mol. The average Bonchev–Trinajstić information content (AvgIpc) is 3.09. The lowest BCUT2D eigenvalue weighted by Crippen LogP contribution is -2.39. The molecule has 23 heavy (non-hydrogen) atoms. The molecular weight excluding hydrogens is 308 g/mol. The molecule has 0 saturated carbocycles. The molecule has 122 valence electrons. The van der Waals surface area contributed by atoms with Crippen LogP contribution in [-0.2, 0) is 0 Å². The van der Waals surface area contributed by atoms with Gasteiger partial charge in [0.15, 0.2) is 0 Å². The Kier molecular flexibility index (Phi) is 4.91. The molecule has 1 amide bonds. The predicted molar refractivity (Wildman–Crippen MR) is 93.0 cm³/mol. The molecule has 1 aliphatic rings. The Bertz CT molecular complexity index is 656. The number of carbonyl (C=O) groups is 1. The number of hydrogen-bond donors (Lipinski definition) is 1. The number of anilines is 1. The van der Waals surface area contributed by atoms with Crippen LogP contribution >= 0.6 is 11.3 Å². The summed E-state index contributed by atoms with van der Waals surface area (Å²) in [6, 6.07) is 3.91. The maximum absolute atomic E-state index is 12.9. The molecule has 1 aliphatic heterocycles. The number of rotatable bonds is 4. The molecule has 0 bridgehead atoms. The number of hydrogen-bond acceptors (Lipinski definition) is 5. The van der Waals surface area contributed by atoms with Crippen molar-refractivity contribution in [1.29, 1.82) is 0 Å². The van der Waals surface area contributed by atoms with E-state index >= 15 is 0 Å². The summed E-state index contributed by atoms with van der Waals surface area (Å²) < 4.78 is 0. The molecule has 1 N–H and O–H groups in total. The van der Waals surface area contributed by atoms with E-state index < -0.39 is 0 Å². The monoisotopic (exact) mass is 330 g/mol. The Morgan fingerprint density at radius 1 is 1.39 bits per heavy atom. The molecule has 0 spiro atoms. The smallest absolute Gasteiger partial charge is 0.257 e. The van der Waals surface area contributed by atoms with Gasteiger partial charge in [0.05, 0.1) is 10.6 Å². The Morgan fingerprint density at radius 2 is 2.26 bits per heavy atom. The molecule has 2 aromatic heterocycles. The van der Waals surface area contributed by atoms with Crippen molar-refractivity contribution >= 4 is 23.1 Å². The van der Waals surface area contributed by atoms with Gasteiger partial charge in [-0.25, -0.2) is 9.97 Å². The lowest BCUT2D eigenvalue weighted by atomic mass is 9.98. The Labute approximate surface area is 140 Å². The third-order valence-corrected chi connectivity index (χ3v) is 4.91. The summed E-state index contributed by atoms with van der Waals surface area (Å²) in [5, 5.41) is 6.40. The van der Waals surface area contributed by atoms with E-state index in [1.54, 1.807) is 17.5 Å². The van der Waals surface area contributed by atoms with Crippen molar-refractivity contribution in [2.75, 3.05) is 18.4 Å². The van der Waals surface area contributed by atoms with E-state index in [0.29, 0.717) is 17.3 Å². The van der Waals surface area contributed by atoms with Crippen molar-refractivity contribution in [1.82, 2.24) is 14.9 Å². The summed E-state index contributed by atoms with van der Waals surface area (Å²) in [5.74, 6) is 1.08. The Morgan fingerprint density at radius 3 is 3.00 bits per heavy atom. The molecule has 5 nitrogen and oxygen atoms in total. The third-order valence-electron chi connectivity index (χ3n) is 3.97. The van der Waals surface area contributed by atoms with Gasteiger partial charge >= 0.3 is 0 Å². The van der Waals surface area contributed by atoms with Gasteiger partial charge in [-0.1, -0.05) is 0 Å². The van der Waals surface area contributed by atoms with E-state index in [4.69, 9.17) is 0 Å². The van der Waals surface area contributed by atoms with Crippen LogP contribution in [-0.4, -0.2) is 39.9 Å². The van der Waals surface area contributed by atoms with Gasteiger partial charge < -0.3 is 10.2 Å². The lowest BCUT2D eigenvalue weighted by molar-refractivity contribution is 0.0707. The van der Waals surface area contributed by atoms with E-state index in [2.05, 4.69) is 15.3 Å². The number of thiazole rings is 1. The minimum Gasteiger partial charge on any atom is -0.367 e. The van der Waals surface area contributed by atoms with E-state index in [-0.39, 0.29) is 11.9 Å². The van der Waals surface area contributed by atoms with Gasteiger partial charge in [0.1, 0.15) is 5.82 Å². The highest BCUT2D eigenvalue weighted by molar-refractivity contribution is 7.09. The molecule has 3 rings (SSSR count). The standard InChI is InChI=1S/C17H22N4OS/c1-12(2)20-15-14(6-3-7-18-15)17(22)21-9-4-5-13(11-21)16-19-8-10-23-16/h3,6-8,10,12-13H,4-5,9,11H2,1-2H3,(H,18,20)/t13-/m0/s1. The van der Waals surface area contributed by atoms with Crippen LogP contribution in [0.3, 0.4) is 0 Å². The largest absolute Gasteiger partial charge is 0.367 e. The van der Waals surface area contributed by atoms with Gasteiger partial charge in [-0.05, 0) is 38.8 Å². The normalized spacial score (nSPS) is 18.2. The van der Waals surface area contributed by atoms with E-state index in [9.17, 15) is 4.79 Å². The second kappa shape index (κ2) is 7.08. The first-order chi connectivity index (χ1) is 11.1. The number of likely N-dealkylation sites (tertiary alicyclic amines) is 1. The number of amides is 1. The number of piperidine rings is 1. The molecule has 0 aromatic carbocycles. The van der Waals surface area contributed by atoms with Gasteiger partial charge in [-0.3, -0.25) is 4.79 Å². The molecule has 3 heterocycles. The maximum atomic E-state index is 12.9. The van der Waals surface area contributed by atoms with E-state index in [1.807, 2.05) is 42.5 Å². The number of nitrogens with zero attached hydrogens (tertiary/aromatic N) is 3. The summed E-state index contributed by atoms with van der Waals surface area (Å²) in [5.41, 5.74) is 0.654. The molecular formula is C17H22N4OS. The highest BCUT2D eigenvalue weighted by Crippen LogP contribution is 2.29. The number of nitrogens with one attached hydrogen (secondary N) is 1. The summed E-state index contributed by atoms with van der Waals surface area (Å²) in [6.45, 7) is 5.63. The van der Waals surface area contributed by atoms with Gasteiger partial charge in [0.25, 0.3) is 5.91 Å². The first kappa shape index (κ1) is 15.9. The van der Waals surface area contributed by atoms with Crippen molar-refractivity contribution in [3.8, 4) is 0 Å². The Balaban J connectivity index is 1.77. The second-order valence-electron chi connectivity index (χ2n) is 6.16. The van der Waals surface area contributed by atoms with Crippen LogP contribution in [0.2, 0.25) is 0 Å². The molecule has 0 unspecified atom stereocenters. The summed E-state index contributed by atoms with van der Waals surface area (Å²) in [6.07, 6.45) is 5.67. The highest BCUT2D eigenvalue weighted by atomic mass is 32.1. The summed E-state index contributed by atoms with van der Waals surface area (Å²) in [4.78, 5) is 23.6. The van der Waals surface area contributed by atoms with E-state index in [1.165, 1.54) is 0 Å². The van der Waals surface area contributed by atoms with E-state index in [0.717, 1.165) is 30.9 Å². The van der Waals surface area contributed by atoms with Crippen LogP contribution in [0.15, 0.2) is 29.9 Å². The topological polar surface area (TPSA) is 58.1 Å². The highest BCUT2D eigenvalue weighted by Gasteiger charge is 2.28. The van der Waals surface area contributed by atoms with Crippen molar-refractivity contribution in [2.24, 2.45) is 0 Å². The number of carbonyl (C=O) groups excluding carboxylic acids is 1. The zero-order chi connectivity index (χ0) is 16.2. The first-order valence-corrected chi connectivity index (χ1v) is 8.93. The summed E-state index contributed by atoms with van der Waals surface area (Å²) >= 11 is 1.68. The SMILES string of the molecule is CC(C)Nc1ncccc1C(=O)N1CCC[C@H](c2nccs2)C1. The molecule has 1 saturated heterocycles. The molecule has 6 heteroatoms. The van der Waals surface area contributed by atoms with Crippen molar-refractivity contribution in [2.45, 2.75) is 38.6 Å². The third kappa shape index (κ3) is 3.69. The van der Waals surface area contributed by atoms with Crippen molar-refractivity contribution < 1.29 is 4.79 Å². The molecule has 0 aliphatic carbocycles. The fourth-order valence-electron chi connectivity index (χ4n) is 2.94. The van der Waals surface area contributed by atoms with Crippen LogP contribution in [0.25, 0.3) is 0 Å². The molecule has 2 aromatic rings. The first-order valence-electron chi connectivity index (χ1n) is 8.05. The zero-order valence-corrected chi connectivity index (χ0v) is 14.3. The quantitative estimate of drug-likeness (QED) is 0.934. The van der Waals surface area contributed by atoms with Crippen LogP contribution in [0, 0.1) is 0 Å². The van der Waals surface area contributed by atoms with Crippen LogP contribution < -0.4 is 5.32 Å². The fourth-order valence-corrected chi connectivity index (χ4v) is 3.70. The maximum Gasteiger partial charge on any atom is 0.257 e. The lowest BCUT2D eigenvalue weighted by Gasteiger charge is -2.32. The molecule has 0 radical (unpaired) electrons. The minimum atomic E-state index is 0.0579. The molecule has 1 fully saturated rings. The number of aromatic nitrogens is 2. The van der Waals surface area contributed by atoms with Gasteiger partial charge in [-0.2, -0.15) is 0 Å². The van der Waals surface area contributed by atoms with Gasteiger partial charge in [-0.15, -0.1) is 11.3 Å². The van der Waals surface area contributed by atoms with Crippen LogP contribution in [0.5, 0.6) is 0 Å². The minimum absolute atomic E-state index is 0.0579. The van der Waals surface area contributed by atoms with Gasteiger partial charge in [0, 0.05) is 42.8 Å². The van der Waals surface area contributed by atoms with Crippen LogP contribution in [0.1, 0.15) is 48.0 Å². The second-order valence-corrected chi connectivity index (χ2v) is 7.09. The number of pyridine rings is 1. The fraction of sp³-hybridized carbons (Fsp3) is 0.471. The summed E-state index contributed by atoms with van der Waals surface area (Å²) in [7, 11) is 0.